The molecule has 0 radical (unpaired) electrons. The Morgan fingerprint density at radius 1 is 1.42 bits per heavy atom. The van der Waals surface area contributed by atoms with E-state index in [4.69, 9.17) is 23.2 Å². The number of aromatic nitrogens is 2. The molecule has 1 aliphatic heterocycles. The molecular weight excluding hydrogens is 320 g/mol. The van der Waals surface area contributed by atoms with E-state index >= 15 is 0 Å². The molecule has 0 N–H and O–H groups in total. The molecule has 0 bridgehead atoms. The van der Waals surface area contributed by atoms with Gasteiger partial charge in [-0.3, -0.25) is 4.79 Å². The zero-order valence-electron chi connectivity index (χ0n) is 9.38. The fourth-order valence-electron chi connectivity index (χ4n) is 1.94. The smallest absolute Gasteiger partial charge is 0.302 e. The number of carbonyl (C=O) groups is 1. The highest BCUT2D eigenvalue weighted by Gasteiger charge is 2.35. The maximum Gasteiger partial charge on any atom is 0.302 e. The predicted molar refractivity (Wildman–Crippen MR) is 67.4 cm³/mol. The highest BCUT2D eigenvalue weighted by atomic mass is 35.5. The maximum atomic E-state index is 12.6. The van der Waals surface area contributed by atoms with Crippen molar-refractivity contribution in [3.05, 3.63) is 16.4 Å². The molecule has 6 nitrogen and oxygen atoms in total. The normalized spacial score (nSPS) is 20.1. The second-order valence-electron chi connectivity index (χ2n) is 4.12. The lowest BCUT2D eigenvalue weighted by atomic mass is 10.1. The summed E-state index contributed by atoms with van der Waals surface area (Å²) in [6, 6.07) is 1.35. The van der Waals surface area contributed by atoms with Gasteiger partial charge in [-0.15, -0.1) is 14.1 Å². The number of anilines is 1. The van der Waals surface area contributed by atoms with E-state index < -0.39 is 21.9 Å². The Hall–Kier alpha value is -0.990. The van der Waals surface area contributed by atoms with E-state index in [0.29, 0.717) is 0 Å². The summed E-state index contributed by atoms with van der Waals surface area (Å²) in [5.41, 5.74) is 0.241. The molecule has 0 spiro atoms. The van der Waals surface area contributed by atoms with Gasteiger partial charge in [0.1, 0.15) is 0 Å². The third-order valence-electron chi connectivity index (χ3n) is 2.63. The standard InChI is InChI=1S/C9H8Cl2FN3O3S/c10-7-2-6(9(11)14-13-7)15-3-5(1-8(15)16)4-19(12,17)18/h2,5H,1,3-4H2. The minimum atomic E-state index is -4.62. The van der Waals surface area contributed by atoms with Crippen molar-refractivity contribution in [1.82, 2.24) is 10.2 Å². The van der Waals surface area contributed by atoms with Crippen LogP contribution in [-0.2, 0) is 15.0 Å². The lowest BCUT2D eigenvalue weighted by Crippen LogP contribution is -2.26. The fourth-order valence-corrected chi connectivity index (χ4v) is 3.06. The summed E-state index contributed by atoms with van der Waals surface area (Å²) in [4.78, 5) is 13.0. The second-order valence-corrected chi connectivity index (χ2v) is 6.28. The molecule has 1 fully saturated rings. The van der Waals surface area contributed by atoms with Crippen LogP contribution in [0.2, 0.25) is 10.3 Å². The third kappa shape index (κ3) is 3.52. The Bertz CT molecular complexity index is 625. The topological polar surface area (TPSA) is 80.2 Å². The van der Waals surface area contributed by atoms with Crippen molar-refractivity contribution >= 4 is 45.0 Å². The number of halogens is 3. The number of nitrogens with zero attached hydrogens (tertiary/aromatic N) is 3. The van der Waals surface area contributed by atoms with Crippen LogP contribution >= 0.6 is 23.2 Å². The minimum Gasteiger partial charge on any atom is -0.309 e. The van der Waals surface area contributed by atoms with E-state index in [1.54, 1.807) is 0 Å². The van der Waals surface area contributed by atoms with Gasteiger partial charge < -0.3 is 4.90 Å². The van der Waals surface area contributed by atoms with Crippen molar-refractivity contribution < 1.29 is 17.1 Å². The van der Waals surface area contributed by atoms with Crippen LogP contribution in [-0.4, -0.2) is 36.8 Å². The van der Waals surface area contributed by atoms with Gasteiger partial charge in [0, 0.05) is 24.9 Å². The van der Waals surface area contributed by atoms with E-state index in [0.717, 1.165) is 0 Å². The van der Waals surface area contributed by atoms with Gasteiger partial charge in [0.2, 0.25) is 5.91 Å². The van der Waals surface area contributed by atoms with Gasteiger partial charge in [-0.05, 0) is 0 Å². The molecule has 1 unspecified atom stereocenters. The Kier molecular flexibility index (Phi) is 3.93. The lowest BCUT2D eigenvalue weighted by molar-refractivity contribution is -0.117. The molecule has 0 aromatic carbocycles. The van der Waals surface area contributed by atoms with E-state index in [1.165, 1.54) is 11.0 Å². The van der Waals surface area contributed by atoms with Gasteiger partial charge in [0.15, 0.2) is 10.3 Å². The number of rotatable bonds is 3. The molecule has 1 aliphatic rings. The zero-order valence-corrected chi connectivity index (χ0v) is 11.7. The van der Waals surface area contributed by atoms with Crippen LogP contribution in [0.1, 0.15) is 6.42 Å². The largest absolute Gasteiger partial charge is 0.309 e. The van der Waals surface area contributed by atoms with Crippen LogP contribution < -0.4 is 4.90 Å². The van der Waals surface area contributed by atoms with Gasteiger partial charge in [-0.25, -0.2) is 0 Å². The Balaban J connectivity index is 2.23. The van der Waals surface area contributed by atoms with Crippen LogP contribution in [0.25, 0.3) is 0 Å². The summed E-state index contributed by atoms with van der Waals surface area (Å²) in [5, 5.41) is 7.08. The average molecular weight is 328 g/mol. The van der Waals surface area contributed by atoms with Crippen LogP contribution in [0.5, 0.6) is 0 Å². The average Bonchev–Trinajstić information content (AvgIpc) is 2.60. The number of hydrogen-bond donors (Lipinski definition) is 0. The van der Waals surface area contributed by atoms with E-state index in [1.807, 2.05) is 0 Å². The predicted octanol–water partition coefficient (Wildman–Crippen LogP) is 1.44. The molecule has 0 aliphatic carbocycles. The molecule has 1 saturated heterocycles. The van der Waals surface area contributed by atoms with Crippen LogP contribution in [0.3, 0.4) is 0 Å². The Labute approximate surface area is 118 Å². The molecule has 10 heteroatoms. The molecule has 19 heavy (non-hydrogen) atoms. The fraction of sp³-hybridized carbons (Fsp3) is 0.444. The summed E-state index contributed by atoms with van der Waals surface area (Å²) < 4.78 is 33.8. The van der Waals surface area contributed by atoms with E-state index in [9.17, 15) is 17.1 Å². The first kappa shape index (κ1) is 14.4. The second kappa shape index (κ2) is 5.18. The van der Waals surface area contributed by atoms with Crippen molar-refractivity contribution in [3.63, 3.8) is 0 Å². The van der Waals surface area contributed by atoms with E-state index in [-0.39, 0.29) is 34.9 Å². The summed E-state index contributed by atoms with van der Waals surface area (Å²) in [7, 11) is -4.62. The Morgan fingerprint density at radius 3 is 2.74 bits per heavy atom. The first-order chi connectivity index (χ1) is 8.76. The minimum absolute atomic E-state index is 0.0264. The number of amides is 1. The first-order valence-electron chi connectivity index (χ1n) is 5.17. The summed E-state index contributed by atoms with van der Waals surface area (Å²) >= 11 is 11.5. The monoisotopic (exact) mass is 327 g/mol. The summed E-state index contributed by atoms with van der Waals surface area (Å²) in [6.07, 6.45) is -0.0700. The highest BCUT2D eigenvalue weighted by molar-refractivity contribution is 7.86. The van der Waals surface area contributed by atoms with Crippen LogP contribution in [0.15, 0.2) is 6.07 Å². The highest BCUT2D eigenvalue weighted by Crippen LogP contribution is 2.31. The van der Waals surface area contributed by atoms with Gasteiger partial charge in [0.05, 0.1) is 11.4 Å². The molecule has 1 amide bonds. The lowest BCUT2D eigenvalue weighted by Gasteiger charge is -2.17. The number of hydrogen-bond acceptors (Lipinski definition) is 5. The maximum absolute atomic E-state index is 12.6. The molecule has 1 atom stereocenters. The SMILES string of the molecule is O=C1CC(CS(=O)(=O)F)CN1c1cc(Cl)nnc1Cl. The summed E-state index contributed by atoms with van der Waals surface area (Å²) in [5.74, 6) is -1.68. The molecule has 2 rings (SSSR count). The van der Waals surface area contributed by atoms with Crippen molar-refractivity contribution in [1.29, 1.82) is 0 Å². The van der Waals surface area contributed by atoms with Crippen molar-refractivity contribution in [2.24, 2.45) is 5.92 Å². The van der Waals surface area contributed by atoms with Gasteiger partial charge >= 0.3 is 10.2 Å². The van der Waals surface area contributed by atoms with Crippen molar-refractivity contribution in [2.75, 3.05) is 17.2 Å². The number of carbonyl (C=O) groups excluding carboxylic acids is 1. The molecule has 1 aromatic rings. The van der Waals surface area contributed by atoms with E-state index in [2.05, 4.69) is 10.2 Å². The Morgan fingerprint density at radius 2 is 2.11 bits per heavy atom. The molecule has 104 valence electrons. The quantitative estimate of drug-likeness (QED) is 0.784. The van der Waals surface area contributed by atoms with Crippen molar-refractivity contribution in [3.8, 4) is 0 Å². The van der Waals surface area contributed by atoms with Gasteiger partial charge in [-0.1, -0.05) is 23.2 Å². The zero-order chi connectivity index (χ0) is 14.2. The van der Waals surface area contributed by atoms with Crippen LogP contribution in [0, 0.1) is 5.92 Å². The van der Waals surface area contributed by atoms with Crippen molar-refractivity contribution in [2.45, 2.75) is 6.42 Å². The first-order valence-corrected chi connectivity index (χ1v) is 7.48. The van der Waals surface area contributed by atoms with Crippen LogP contribution in [0.4, 0.5) is 9.57 Å². The molecular formula is C9H8Cl2FN3O3S. The molecule has 2 heterocycles. The molecule has 0 saturated carbocycles. The third-order valence-corrected chi connectivity index (χ3v) is 3.95. The van der Waals surface area contributed by atoms with Gasteiger partial charge in [-0.2, -0.15) is 8.42 Å². The van der Waals surface area contributed by atoms with Gasteiger partial charge in [0.25, 0.3) is 0 Å². The molecule has 1 aromatic heterocycles. The summed E-state index contributed by atoms with van der Waals surface area (Å²) in [6.45, 7) is 0.0454.